The molecule has 2 nitrogen and oxygen atoms in total. The van der Waals surface area contributed by atoms with E-state index in [1.54, 1.807) is 11.3 Å². The molecule has 118 valence electrons. The number of aromatic nitrogens is 1. The lowest BCUT2D eigenvalue weighted by atomic mass is 10.1. The van der Waals surface area contributed by atoms with E-state index in [0.29, 0.717) is 0 Å². The summed E-state index contributed by atoms with van der Waals surface area (Å²) in [5, 5.41) is 1.10. The fourth-order valence-electron chi connectivity index (χ4n) is 2.83. The monoisotopic (exact) mass is 322 g/mol. The first kappa shape index (κ1) is 15.8. The molecule has 0 radical (unpaired) electrons. The van der Waals surface area contributed by atoms with Gasteiger partial charge in [0.1, 0.15) is 0 Å². The third-order valence-corrected chi connectivity index (χ3v) is 5.06. The molecule has 0 amide bonds. The number of anilines is 1. The van der Waals surface area contributed by atoms with Crippen LogP contribution in [0.15, 0.2) is 54.6 Å². The van der Waals surface area contributed by atoms with Crippen molar-refractivity contribution >= 4 is 17.0 Å². The van der Waals surface area contributed by atoms with Crippen LogP contribution >= 0.6 is 11.3 Å². The fraction of sp³-hybridized carbons (Fsp3) is 0.250. The van der Waals surface area contributed by atoms with Crippen molar-refractivity contribution in [2.75, 3.05) is 18.0 Å². The number of hydrogen-bond donors (Lipinski definition) is 0. The van der Waals surface area contributed by atoms with Crippen molar-refractivity contribution < 1.29 is 0 Å². The van der Waals surface area contributed by atoms with Gasteiger partial charge in [-0.05, 0) is 38.5 Å². The predicted molar refractivity (Wildman–Crippen MR) is 101 cm³/mol. The number of hydrogen-bond acceptors (Lipinski definition) is 3. The molecule has 0 saturated carbocycles. The van der Waals surface area contributed by atoms with Crippen molar-refractivity contribution in [3.05, 3.63) is 59.6 Å². The summed E-state index contributed by atoms with van der Waals surface area (Å²) in [6.45, 7) is 8.51. The zero-order valence-electron chi connectivity index (χ0n) is 13.9. The van der Waals surface area contributed by atoms with Crippen molar-refractivity contribution in [2.24, 2.45) is 0 Å². The van der Waals surface area contributed by atoms with Crippen LogP contribution in [0.1, 0.15) is 18.9 Å². The molecule has 1 aromatic heterocycles. The largest absolute Gasteiger partial charge is 0.372 e. The van der Waals surface area contributed by atoms with E-state index in [9.17, 15) is 0 Å². The van der Waals surface area contributed by atoms with Gasteiger partial charge in [-0.3, -0.25) is 0 Å². The fourth-order valence-corrected chi connectivity index (χ4v) is 3.77. The van der Waals surface area contributed by atoms with Gasteiger partial charge in [-0.1, -0.05) is 42.5 Å². The maximum Gasteiger partial charge on any atom is 0.0908 e. The lowest BCUT2D eigenvalue weighted by molar-refractivity contribution is 0.866. The summed E-state index contributed by atoms with van der Waals surface area (Å²) in [6.07, 6.45) is 0. The molecule has 0 fully saturated rings. The standard InChI is InChI=1S/C20H22N2S/c1-4-22(5-2)18-13-11-16(12-14-18)19-20(23-15(3)21-19)17-9-7-6-8-10-17/h6-14H,4-5H2,1-3H3. The van der Waals surface area contributed by atoms with Gasteiger partial charge in [-0.2, -0.15) is 0 Å². The molecule has 0 unspecified atom stereocenters. The van der Waals surface area contributed by atoms with Crippen molar-refractivity contribution in [3.8, 4) is 21.7 Å². The third kappa shape index (κ3) is 3.30. The van der Waals surface area contributed by atoms with Gasteiger partial charge in [0.05, 0.1) is 15.6 Å². The second kappa shape index (κ2) is 6.97. The van der Waals surface area contributed by atoms with Gasteiger partial charge in [-0.15, -0.1) is 11.3 Å². The number of benzene rings is 2. The van der Waals surface area contributed by atoms with E-state index in [2.05, 4.69) is 80.3 Å². The molecule has 0 aliphatic carbocycles. The first-order chi connectivity index (χ1) is 11.2. The first-order valence-corrected chi connectivity index (χ1v) is 8.92. The molecule has 3 heteroatoms. The Morgan fingerprint density at radius 3 is 2.13 bits per heavy atom. The summed E-state index contributed by atoms with van der Waals surface area (Å²) >= 11 is 1.76. The Kier molecular flexibility index (Phi) is 4.77. The van der Waals surface area contributed by atoms with Gasteiger partial charge in [0, 0.05) is 24.3 Å². The lowest BCUT2D eigenvalue weighted by Crippen LogP contribution is -2.21. The molecule has 2 aromatic carbocycles. The molecule has 0 aliphatic rings. The normalized spacial score (nSPS) is 10.7. The van der Waals surface area contributed by atoms with Crippen LogP contribution in [-0.2, 0) is 0 Å². The van der Waals surface area contributed by atoms with Crippen molar-refractivity contribution in [2.45, 2.75) is 20.8 Å². The Labute approximate surface area is 142 Å². The Morgan fingerprint density at radius 1 is 0.870 bits per heavy atom. The molecule has 0 spiro atoms. The maximum absolute atomic E-state index is 4.78. The summed E-state index contributed by atoms with van der Waals surface area (Å²) in [5.74, 6) is 0. The minimum atomic E-state index is 1.03. The highest BCUT2D eigenvalue weighted by molar-refractivity contribution is 7.15. The summed E-state index contributed by atoms with van der Waals surface area (Å²) in [5.41, 5.74) is 4.78. The van der Waals surface area contributed by atoms with Crippen molar-refractivity contribution in [3.63, 3.8) is 0 Å². The van der Waals surface area contributed by atoms with E-state index in [4.69, 9.17) is 4.98 Å². The van der Waals surface area contributed by atoms with Crippen LogP contribution in [0.5, 0.6) is 0 Å². The molecule has 0 bridgehead atoms. The quantitative estimate of drug-likeness (QED) is 0.605. The molecule has 3 rings (SSSR count). The van der Waals surface area contributed by atoms with Gasteiger partial charge in [0.15, 0.2) is 0 Å². The highest BCUT2D eigenvalue weighted by atomic mass is 32.1. The first-order valence-electron chi connectivity index (χ1n) is 8.11. The van der Waals surface area contributed by atoms with Gasteiger partial charge >= 0.3 is 0 Å². The molecule has 0 N–H and O–H groups in total. The van der Waals surface area contributed by atoms with Gasteiger partial charge in [0.25, 0.3) is 0 Å². The SMILES string of the molecule is CCN(CC)c1ccc(-c2nc(C)sc2-c2ccccc2)cc1. The second-order valence-electron chi connectivity index (χ2n) is 5.50. The van der Waals surface area contributed by atoms with E-state index in [0.717, 1.165) is 23.8 Å². The van der Waals surface area contributed by atoms with Crippen LogP contribution in [0.2, 0.25) is 0 Å². The van der Waals surface area contributed by atoms with Crippen molar-refractivity contribution in [1.82, 2.24) is 4.98 Å². The smallest absolute Gasteiger partial charge is 0.0908 e. The number of thiazole rings is 1. The highest BCUT2D eigenvalue weighted by Gasteiger charge is 2.13. The van der Waals surface area contributed by atoms with E-state index in [1.165, 1.54) is 21.7 Å². The number of aryl methyl sites for hydroxylation is 1. The van der Waals surface area contributed by atoms with Crippen LogP contribution in [0.3, 0.4) is 0 Å². The molecule has 3 aromatic rings. The minimum Gasteiger partial charge on any atom is -0.372 e. The molecule has 0 saturated heterocycles. The zero-order valence-corrected chi connectivity index (χ0v) is 14.7. The second-order valence-corrected chi connectivity index (χ2v) is 6.70. The van der Waals surface area contributed by atoms with E-state index < -0.39 is 0 Å². The molecular formula is C20H22N2S. The van der Waals surface area contributed by atoms with Gasteiger partial charge in [-0.25, -0.2) is 4.98 Å². The number of rotatable bonds is 5. The predicted octanol–water partition coefficient (Wildman–Crippen LogP) is 5.63. The van der Waals surface area contributed by atoms with Crippen molar-refractivity contribution in [1.29, 1.82) is 0 Å². The summed E-state index contributed by atoms with van der Waals surface area (Å²) < 4.78 is 0. The van der Waals surface area contributed by atoms with E-state index >= 15 is 0 Å². The molecule has 23 heavy (non-hydrogen) atoms. The average molecular weight is 322 g/mol. The Hall–Kier alpha value is -2.13. The lowest BCUT2D eigenvalue weighted by Gasteiger charge is -2.21. The maximum atomic E-state index is 4.78. The van der Waals surface area contributed by atoms with Crippen LogP contribution in [0.4, 0.5) is 5.69 Å². The van der Waals surface area contributed by atoms with Crippen LogP contribution < -0.4 is 4.90 Å². The van der Waals surface area contributed by atoms with E-state index in [1.807, 2.05) is 0 Å². The highest BCUT2D eigenvalue weighted by Crippen LogP contribution is 2.37. The Morgan fingerprint density at radius 2 is 1.52 bits per heavy atom. The number of nitrogens with zero attached hydrogens (tertiary/aromatic N) is 2. The Balaban J connectivity index is 1.99. The minimum absolute atomic E-state index is 1.03. The third-order valence-electron chi connectivity index (χ3n) is 4.04. The summed E-state index contributed by atoms with van der Waals surface area (Å²) in [4.78, 5) is 8.38. The van der Waals surface area contributed by atoms with Gasteiger partial charge in [0.2, 0.25) is 0 Å². The summed E-state index contributed by atoms with van der Waals surface area (Å²) in [7, 11) is 0. The molecular weight excluding hydrogens is 300 g/mol. The molecule has 0 atom stereocenters. The zero-order chi connectivity index (χ0) is 16.2. The molecule has 1 heterocycles. The van der Waals surface area contributed by atoms with E-state index in [-0.39, 0.29) is 0 Å². The molecule has 0 aliphatic heterocycles. The van der Waals surface area contributed by atoms with Crippen LogP contribution in [-0.4, -0.2) is 18.1 Å². The Bertz CT molecular complexity index is 756. The topological polar surface area (TPSA) is 16.1 Å². The van der Waals surface area contributed by atoms with Crippen LogP contribution in [0, 0.1) is 6.92 Å². The average Bonchev–Trinajstić information content (AvgIpc) is 2.99. The summed E-state index contributed by atoms with van der Waals surface area (Å²) in [6, 6.07) is 19.3. The van der Waals surface area contributed by atoms with Gasteiger partial charge < -0.3 is 4.90 Å². The van der Waals surface area contributed by atoms with Crippen LogP contribution in [0.25, 0.3) is 21.7 Å².